The number of anilines is 1. The van der Waals surface area contributed by atoms with Gasteiger partial charge in [0.2, 0.25) is 0 Å². The zero-order chi connectivity index (χ0) is 24.9. The van der Waals surface area contributed by atoms with Crippen molar-refractivity contribution in [3.05, 3.63) is 83.7 Å². The number of ether oxygens (including phenoxy) is 1. The molecule has 0 saturated heterocycles. The van der Waals surface area contributed by atoms with Gasteiger partial charge in [0.05, 0.1) is 18.3 Å². The van der Waals surface area contributed by atoms with Gasteiger partial charge in [0, 0.05) is 5.92 Å². The molecular formula is C25H21F2N3O5. The molecule has 2 aromatic carbocycles. The van der Waals surface area contributed by atoms with Crippen molar-refractivity contribution in [2.45, 2.75) is 24.8 Å². The summed E-state index contributed by atoms with van der Waals surface area (Å²) in [6.07, 6.45) is -3.52. The lowest BCUT2D eigenvalue weighted by Gasteiger charge is -2.16. The molecule has 3 aromatic rings. The van der Waals surface area contributed by atoms with Gasteiger partial charge in [-0.15, -0.1) is 0 Å². The third-order valence-corrected chi connectivity index (χ3v) is 5.60. The number of hydrogen-bond acceptors (Lipinski definition) is 5. The molecule has 8 nitrogen and oxygen atoms in total. The fraction of sp³-hybridized carbons (Fsp3) is 0.200. The van der Waals surface area contributed by atoms with Crippen LogP contribution in [0.25, 0.3) is 11.1 Å². The Morgan fingerprint density at radius 2 is 1.60 bits per heavy atom. The van der Waals surface area contributed by atoms with Crippen LogP contribution >= 0.6 is 0 Å². The summed E-state index contributed by atoms with van der Waals surface area (Å²) in [5, 5.41) is 13.2. The summed E-state index contributed by atoms with van der Waals surface area (Å²) in [6.45, 7) is 0.117. The molecule has 1 unspecified atom stereocenters. The standard InChI is InChI=1S/C25H21F2N3O5/c26-23(27)21(11-22(31)32)30-24(33)20-10-9-14(12-28-20)29-25(34)35-13-19-17-7-3-1-5-15(17)16-6-2-4-8-18(16)19/h1-10,12,19,21,23H,11,13H2,(H,29,34)(H,30,33)(H,31,32). The number of aromatic nitrogens is 1. The highest BCUT2D eigenvalue weighted by Crippen LogP contribution is 2.44. The summed E-state index contributed by atoms with van der Waals surface area (Å²) in [5.74, 6) is -2.53. The second kappa shape index (κ2) is 10.3. The van der Waals surface area contributed by atoms with Gasteiger partial charge in [-0.05, 0) is 34.4 Å². The Morgan fingerprint density at radius 3 is 2.14 bits per heavy atom. The molecule has 0 saturated carbocycles. The number of halogens is 2. The number of aliphatic carboxylic acids is 1. The normalized spacial score (nSPS) is 13.0. The number of nitrogens with zero attached hydrogens (tertiary/aromatic N) is 1. The van der Waals surface area contributed by atoms with Gasteiger partial charge in [-0.25, -0.2) is 18.6 Å². The van der Waals surface area contributed by atoms with Gasteiger partial charge in [0.15, 0.2) is 0 Å². The molecule has 4 rings (SSSR count). The van der Waals surface area contributed by atoms with Gasteiger partial charge >= 0.3 is 12.1 Å². The van der Waals surface area contributed by atoms with Crippen LogP contribution in [0.5, 0.6) is 0 Å². The van der Waals surface area contributed by atoms with Crippen molar-refractivity contribution >= 4 is 23.7 Å². The molecular weight excluding hydrogens is 460 g/mol. The summed E-state index contributed by atoms with van der Waals surface area (Å²) in [6, 6.07) is 16.6. The minimum atomic E-state index is -3.05. The third-order valence-electron chi connectivity index (χ3n) is 5.60. The van der Waals surface area contributed by atoms with Crippen molar-refractivity contribution in [1.82, 2.24) is 10.3 Å². The number of carbonyl (C=O) groups excluding carboxylic acids is 2. The Balaban J connectivity index is 1.35. The highest BCUT2D eigenvalue weighted by molar-refractivity contribution is 5.93. The Morgan fingerprint density at radius 1 is 0.971 bits per heavy atom. The summed E-state index contributed by atoms with van der Waals surface area (Å²) in [4.78, 5) is 39.0. The van der Waals surface area contributed by atoms with Crippen LogP contribution in [0.2, 0.25) is 0 Å². The van der Waals surface area contributed by atoms with Crippen molar-refractivity contribution < 1.29 is 33.0 Å². The highest BCUT2D eigenvalue weighted by Gasteiger charge is 2.29. The number of amides is 2. The Kier molecular flexibility index (Phi) is 7.00. The first-order valence-corrected chi connectivity index (χ1v) is 10.7. The number of alkyl halides is 2. The molecule has 0 aliphatic heterocycles. The first-order valence-electron chi connectivity index (χ1n) is 10.7. The monoisotopic (exact) mass is 481 g/mol. The number of carboxylic acid groups (broad SMARTS) is 1. The molecule has 0 radical (unpaired) electrons. The second-order valence-corrected chi connectivity index (χ2v) is 7.89. The van der Waals surface area contributed by atoms with E-state index in [0.29, 0.717) is 0 Å². The molecule has 0 spiro atoms. The van der Waals surface area contributed by atoms with Crippen molar-refractivity contribution in [2.24, 2.45) is 0 Å². The minimum Gasteiger partial charge on any atom is -0.481 e. The average Bonchev–Trinajstić information content (AvgIpc) is 3.16. The van der Waals surface area contributed by atoms with E-state index in [1.54, 1.807) is 0 Å². The van der Waals surface area contributed by atoms with Gasteiger partial charge in [0.1, 0.15) is 18.3 Å². The summed E-state index contributed by atoms with van der Waals surface area (Å²) < 4.78 is 31.3. The second-order valence-electron chi connectivity index (χ2n) is 7.89. The maximum Gasteiger partial charge on any atom is 0.411 e. The highest BCUT2D eigenvalue weighted by atomic mass is 19.3. The van der Waals surface area contributed by atoms with Crippen molar-refractivity contribution in [1.29, 1.82) is 0 Å². The first kappa shape index (κ1) is 23.8. The molecule has 1 aliphatic rings. The van der Waals surface area contributed by atoms with Crippen LogP contribution in [-0.4, -0.2) is 47.1 Å². The van der Waals surface area contributed by atoms with E-state index in [1.807, 2.05) is 53.8 Å². The molecule has 1 aromatic heterocycles. The molecule has 10 heteroatoms. The minimum absolute atomic E-state index is 0.106. The predicted octanol–water partition coefficient (Wildman–Crippen LogP) is 4.28. The van der Waals surface area contributed by atoms with Gasteiger partial charge in [0.25, 0.3) is 12.3 Å². The lowest BCUT2D eigenvalue weighted by Crippen LogP contribution is -2.41. The van der Waals surface area contributed by atoms with E-state index in [2.05, 4.69) is 10.3 Å². The molecule has 1 heterocycles. The molecule has 3 N–H and O–H groups in total. The van der Waals surface area contributed by atoms with E-state index >= 15 is 0 Å². The quantitative estimate of drug-likeness (QED) is 0.442. The van der Waals surface area contributed by atoms with E-state index in [-0.39, 0.29) is 23.9 Å². The summed E-state index contributed by atoms with van der Waals surface area (Å²) in [5.41, 5.74) is 4.38. The molecule has 35 heavy (non-hydrogen) atoms. The SMILES string of the molecule is O=C(O)CC(NC(=O)c1ccc(NC(=O)OCC2c3ccccc3-c3ccccc32)cn1)C(F)F. The topological polar surface area (TPSA) is 118 Å². The van der Waals surface area contributed by atoms with Crippen molar-refractivity contribution in [3.8, 4) is 11.1 Å². The average molecular weight is 481 g/mol. The largest absolute Gasteiger partial charge is 0.481 e. The fourth-order valence-electron chi connectivity index (χ4n) is 3.99. The van der Waals surface area contributed by atoms with Crippen LogP contribution in [0.3, 0.4) is 0 Å². The van der Waals surface area contributed by atoms with Gasteiger partial charge in [-0.3, -0.25) is 14.9 Å². The number of nitrogens with one attached hydrogen (secondary N) is 2. The molecule has 180 valence electrons. The smallest absolute Gasteiger partial charge is 0.411 e. The van der Waals surface area contributed by atoms with E-state index in [1.165, 1.54) is 18.3 Å². The van der Waals surface area contributed by atoms with Crippen LogP contribution < -0.4 is 10.6 Å². The maximum absolute atomic E-state index is 12.9. The molecule has 1 atom stereocenters. The zero-order valence-corrected chi connectivity index (χ0v) is 18.3. The molecule has 0 bridgehead atoms. The fourth-order valence-corrected chi connectivity index (χ4v) is 3.99. The Labute approximate surface area is 199 Å². The number of pyridine rings is 1. The van der Waals surface area contributed by atoms with E-state index in [0.717, 1.165) is 22.3 Å². The number of rotatable bonds is 8. The predicted molar refractivity (Wildman–Crippen MR) is 122 cm³/mol. The van der Waals surface area contributed by atoms with Gasteiger partial charge in [-0.1, -0.05) is 48.5 Å². The van der Waals surface area contributed by atoms with E-state index in [9.17, 15) is 23.2 Å². The van der Waals surface area contributed by atoms with E-state index < -0.39 is 36.9 Å². The number of fused-ring (bicyclic) bond motifs is 3. The number of carboxylic acids is 1. The number of benzene rings is 2. The number of carbonyl (C=O) groups is 3. The first-order chi connectivity index (χ1) is 16.8. The molecule has 2 amide bonds. The van der Waals surface area contributed by atoms with Crippen LogP contribution in [0.15, 0.2) is 66.9 Å². The lowest BCUT2D eigenvalue weighted by molar-refractivity contribution is -0.138. The van der Waals surface area contributed by atoms with E-state index in [4.69, 9.17) is 9.84 Å². The van der Waals surface area contributed by atoms with Crippen molar-refractivity contribution in [2.75, 3.05) is 11.9 Å². The van der Waals surface area contributed by atoms with Crippen LogP contribution in [0, 0.1) is 0 Å². The van der Waals surface area contributed by atoms with Crippen molar-refractivity contribution in [3.63, 3.8) is 0 Å². The van der Waals surface area contributed by atoms with Crippen LogP contribution in [0.4, 0.5) is 19.3 Å². The van der Waals surface area contributed by atoms with Gasteiger partial charge < -0.3 is 15.2 Å². The molecule has 0 fully saturated rings. The Hall–Kier alpha value is -4.34. The Bertz CT molecular complexity index is 1200. The van der Waals surface area contributed by atoms with Crippen LogP contribution in [-0.2, 0) is 9.53 Å². The van der Waals surface area contributed by atoms with Gasteiger partial charge in [-0.2, -0.15) is 0 Å². The maximum atomic E-state index is 12.9. The van der Waals surface area contributed by atoms with Crippen LogP contribution in [0.1, 0.15) is 34.0 Å². The number of hydrogen-bond donors (Lipinski definition) is 3. The zero-order valence-electron chi connectivity index (χ0n) is 18.3. The third kappa shape index (κ3) is 5.43. The lowest BCUT2D eigenvalue weighted by atomic mass is 9.98. The summed E-state index contributed by atoms with van der Waals surface area (Å²) >= 11 is 0. The molecule has 1 aliphatic carbocycles. The summed E-state index contributed by atoms with van der Waals surface area (Å²) in [7, 11) is 0.